The van der Waals surface area contributed by atoms with Crippen molar-refractivity contribution in [2.24, 2.45) is 0 Å². The summed E-state index contributed by atoms with van der Waals surface area (Å²) < 4.78 is 5.63. The number of benzene rings is 1. The van der Waals surface area contributed by atoms with E-state index < -0.39 is 6.10 Å². The van der Waals surface area contributed by atoms with E-state index in [1.807, 2.05) is 25.1 Å². The lowest BCUT2D eigenvalue weighted by Crippen LogP contribution is -2.44. The SMILES string of the molecule is Cc1cccnc1CN1C(=O)C(C)Oc2cc(N)ccc21. The Balaban J connectivity index is 2.01. The first-order valence-corrected chi connectivity index (χ1v) is 6.84. The molecule has 2 N–H and O–H groups in total. The number of nitrogens with zero attached hydrogens (tertiary/aromatic N) is 2. The molecule has 21 heavy (non-hydrogen) atoms. The van der Waals surface area contributed by atoms with E-state index in [-0.39, 0.29) is 5.91 Å². The molecule has 1 atom stereocenters. The molecule has 1 aromatic carbocycles. The third-order valence-electron chi connectivity index (χ3n) is 3.62. The molecule has 0 spiro atoms. The van der Waals surface area contributed by atoms with E-state index in [0.29, 0.717) is 18.0 Å². The number of hydrogen-bond donors (Lipinski definition) is 1. The van der Waals surface area contributed by atoms with Crippen LogP contribution >= 0.6 is 0 Å². The number of anilines is 2. The molecule has 0 fully saturated rings. The van der Waals surface area contributed by atoms with Crippen molar-refractivity contribution in [3.8, 4) is 5.75 Å². The number of carbonyl (C=O) groups excluding carboxylic acids is 1. The lowest BCUT2D eigenvalue weighted by molar-refractivity contribution is -0.125. The summed E-state index contributed by atoms with van der Waals surface area (Å²) in [5.41, 5.74) is 9.07. The van der Waals surface area contributed by atoms with E-state index in [4.69, 9.17) is 10.5 Å². The highest BCUT2D eigenvalue weighted by molar-refractivity contribution is 6.00. The molecule has 0 radical (unpaired) electrons. The smallest absolute Gasteiger partial charge is 0.268 e. The molecule has 2 heterocycles. The van der Waals surface area contributed by atoms with Crippen LogP contribution in [0.4, 0.5) is 11.4 Å². The number of nitrogen functional groups attached to an aromatic ring is 1. The Bertz CT molecular complexity index is 700. The number of carbonyl (C=O) groups is 1. The van der Waals surface area contributed by atoms with Gasteiger partial charge in [0.1, 0.15) is 5.75 Å². The number of fused-ring (bicyclic) bond motifs is 1. The minimum atomic E-state index is -0.525. The van der Waals surface area contributed by atoms with Crippen LogP contribution in [-0.2, 0) is 11.3 Å². The molecule has 2 aromatic rings. The number of aryl methyl sites for hydroxylation is 1. The number of ether oxygens (including phenoxy) is 1. The topological polar surface area (TPSA) is 68.5 Å². The summed E-state index contributed by atoms with van der Waals surface area (Å²) in [5.74, 6) is 0.563. The summed E-state index contributed by atoms with van der Waals surface area (Å²) in [7, 11) is 0. The normalized spacial score (nSPS) is 17.3. The second-order valence-electron chi connectivity index (χ2n) is 5.18. The van der Waals surface area contributed by atoms with Crippen molar-refractivity contribution in [1.82, 2.24) is 4.98 Å². The first-order chi connectivity index (χ1) is 10.1. The second kappa shape index (κ2) is 5.09. The fourth-order valence-electron chi connectivity index (χ4n) is 2.42. The molecule has 0 saturated heterocycles. The lowest BCUT2D eigenvalue weighted by Gasteiger charge is -2.33. The minimum absolute atomic E-state index is 0.0719. The standard InChI is InChI=1S/C16H17N3O2/c1-10-4-3-7-18-13(10)9-19-14-6-5-12(17)8-15(14)21-11(2)16(19)20/h3-8,11H,9,17H2,1-2H3. The molecule has 0 saturated carbocycles. The van der Waals surface area contributed by atoms with E-state index >= 15 is 0 Å². The summed E-state index contributed by atoms with van der Waals surface area (Å²) in [5, 5.41) is 0. The molecule has 1 aromatic heterocycles. The molecule has 108 valence electrons. The van der Waals surface area contributed by atoms with Crippen LogP contribution in [0.25, 0.3) is 0 Å². The van der Waals surface area contributed by atoms with E-state index in [9.17, 15) is 4.79 Å². The molecule has 1 aliphatic rings. The van der Waals surface area contributed by atoms with Gasteiger partial charge in [0.2, 0.25) is 0 Å². The molecular weight excluding hydrogens is 266 g/mol. The summed E-state index contributed by atoms with van der Waals surface area (Å²) in [4.78, 5) is 18.5. The predicted octanol–water partition coefficient (Wildman–Crippen LogP) is 2.29. The van der Waals surface area contributed by atoms with Crippen molar-refractivity contribution < 1.29 is 9.53 Å². The highest BCUT2D eigenvalue weighted by atomic mass is 16.5. The quantitative estimate of drug-likeness (QED) is 0.859. The van der Waals surface area contributed by atoms with Gasteiger partial charge in [-0.25, -0.2) is 0 Å². The number of nitrogens with two attached hydrogens (primary N) is 1. The zero-order valence-electron chi connectivity index (χ0n) is 12.0. The average Bonchev–Trinajstić information content (AvgIpc) is 2.45. The van der Waals surface area contributed by atoms with Crippen LogP contribution < -0.4 is 15.4 Å². The molecule has 5 nitrogen and oxygen atoms in total. The van der Waals surface area contributed by atoms with Crippen LogP contribution in [0.2, 0.25) is 0 Å². The zero-order chi connectivity index (χ0) is 15.0. The van der Waals surface area contributed by atoms with E-state index in [1.54, 1.807) is 30.2 Å². The Kier molecular flexibility index (Phi) is 3.25. The fourth-order valence-corrected chi connectivity index (χ4v) is 2.42. The first kappa shape index (κ1) is 13.4. The molecule has 0 bridgehead atoms. The van der Waals surface area contributed by atoms with E-state index in [0.717, 1.165) is 16.9 Å². The monoisotopic (exact) mass is 283 g/mol. The van der Waals surface area contributed by atoms with Crippen molar-refractivity contribution in [3.63, 3.8) is 0 Å². The van der Waals surface area contributed by atoms with Gasteiger partial charge in [-0.15, -0.1) is 0 Å². The van der Waals surface area contributed by atoms with Crippen molar-refractivity contribution >= 4 is 17.3 Å². The number of hydrogen-bond acceptors (Lipinski definition) is 4. The molecular formula is C16H17N3O2. The summed E-state index contributed by atoms with van der Waals surface area (Å²) in [6.07, 6.45) is 1.21. The van der Waals surface area contributed by atoms with Crippen molar-refractivity contribution in [3.05, 3.63) is 47.8 Å². The van der Waals surface area contributed by atoms with Gasteiger partial charge >= 0.3 is 0 Å². The maximum atomic E-state index is 12.4. The summed E-state index contributed by atoms with van der Waals surface area (Å²) >= 11 is 0. The number of rotatable bonds is 2. The van der Waals surface area contributed by atoms with Crippen molar-refractivity contribution in [2.75, 3.05) is 10.6 Å². The Labute approximate surface area is 123 Å². The van der Waals surface area contributed by atoms with Gasteiger partial charge in [-0.3, -0.25) is 14.7 Å². The molecule has 5 heteroatoms. The van der Waals surface area contributed by atoms with Crippen LogP contribution in [0, 0.1) is 6.92 Å². The Morgan fingerprint density at radius 2 is 2.19 bits per heavy atom. The van der Waals surface area contributed by atoms with Crippen LogP contribution in [0.3, 0.4) is 0 Å². The zero-order valence-corrected chi connectivity index (χ0v) is 12.0. The van der Waals surface area contributed by atoms with Gasteiger partial charge in [0.25, 0.3) is 5.91 Å². The summed E-state index contributed by atoms with van der Waals surface area (Å²) in [6, 6.07) is 9.20. The highest BCUT2D eigenvalue weighted by Crippen LogP contribution is 2.36. The van der Waals surface area contributed by atoms with Crippen LogP contribution in [0.1, 0.15) is 18.2 Å². The second-order valence-corrected chi connectivity index (χ2v) is 5.18. The van der Waals surface area contributed by atoms with Crippen molar-refractivity contribution in [1.29, 1.82) is 0 Å². The number of pyridine rings is 1. The van der Waals surface area contributed by atoms with Gasteiger partial charge in [0.05, 0.1) is 17.9 Å². The fraction of sp³-hybridized carbons (Fsp3) is 0.250. The van der Waals surface area contributed by atoms with Gasteiger partial charge in [-0.05, 0) is 37.6 Å². The number of aromatic nitrogens is 1. The lowest BCUT2D eigenvalue weighted by atomic mass is 10.1. The van der Waals surface area contributed by atoms with Crippen LogP contribution in [-0.4, -0.2) is 17.0 Å². The first-order valence-electron chi connectivity index (χ1n) is 6.84. The van der Waals surface area contributed by atoms with Gasteiger partial charge < -0.3 is 10.5 Å². The number of amides is 1. The van der Waals surface area contributed by atoms with Gasteiger partial charge in [0.15, 0.2) is 6.10 Å². The minimum Gasteiger partial charge on any atom is -0.479 e. The molecule has 0 aliphatic carbocycles. The maximum absolute atomic E-state index is 12.4. The molecule has 3 rings (SSSR count). The predicted molar refractivity (Wildman–Crippen MR) is 81.1 cm³/mol. The third kappa shape index (κ3) is 2.42. The Hall–Kier alpha value is -2.56. The van der Waals surface area contributed by atoms with Crippen LogP contribution in [0.15, 0.2) is 36.5 Å². The van der Waals surface area contributed by atoms with Crippen LogP contribution in [0.5, 0.6) is 5.75 Å². The Morgan fingerprint density at radius 1 is 1.38 bits per heavy atom. The van der Waals surface area contributed by atoms with Gasteiger partial charge in [-0.1, -0.05) is 6.07 Å². The highest BCUT2D eigenvalue weighted by Gasteiger charge is 2.32. The third-order valence-corrected chi connectivity index (χ3v) is 3.62. The van der Waals surface area contributed by atoms with Gasteiger partial charge in [0, 0.05) is 18.0 Å². The van der Waals surface area contributed by atoms with Crippen molar-refractivity contribution in [2.45, 2.75) is 26.5 Å². The van der Waals surface area contributed by atoms with E-state index in [2.05, 4.69) is 4.98 Å². The summed E-state index contributed by atoms with van der Waals surface area (Å²) in [6.45, 7) is 4.16. The van der Waals surface area contributed by atoms with E-state index in [1.165, 1.54) is 0 Å². The maximum Gasteiger partial charge on any atom is 0.268 e. The molecule has 1 amide bonds. The largest absolute Gasteiger partial charge is 0.479 e. The molecule has 1 unspecified atom stereocenters. The average molecular weight is 283 g/mol. The Morgan fingerprint density at radius 3 is 2.95 bits per heavy atom. The molecule has 1 aliphatic heterocycles. The van der Waals surface area contributed by atoms with Gasteiger partial charge in [-0.2, -0.15) is 0 Å².